The first-order valence-corrected chi connectivity index (χ1v) is 9.82. The summed E-state index contributed by atoms with van der Waals surface area (Å²) in [6.45, 7) is 0. The summed E-state index contributed by atoms with van der Waals surface area (Å²) in [6, 6.07) is 12.7. The molecule has 1 atom stereocenters. The molecule has 1 saturated carbocycles. The van der Waals surface area contributed by atoms with Crippen LogP contribution < -0.4 is 11.5 Å². The van der Waals surface area contributed by atoms with Gasteiger partial charge in [-0.25, -0.2) is 9.97 Å². The monoisotopic (exact) mass is 394 g/mol. The second kappa shape index (κ2) is 7.51. The Balaban J connectivity index is 1.80. The van der Waals surface area contributed by atoms with Crippen molar-refractivity contribution in [2.24, 2.45) is 11.5 Å². The molecule has 1 aromatic heterocycles. The van der Waals surface area contributed by atoms with E-state index in [1.165, 1.54) is 0 Å². The van der Waals surface area contributed by atoms with Crippen molar-refractivity contribution in [3.63, 3.8) is 0 Å². The Morgan fingerprint density at radius 2 is 1.82 bits per heavy atom. The SMILES string of the molecule is NC1(N)CCCCC1c1nc(C=Cc2ccc(Cl)cc2)nc2ccc(O)cc12. The summed E-state index contributed by atoms with van der Waals surface area (Å²) in [4.78, 5) is 9.43. The van der Waals surface area contributed by atoms with E-state index in [9.17, 15) is 5.11 Å². The number of phenolic OH excluding ortho intramolecular Hbond substituents is 1. The average Bonchev–Trinajstić information content (AvgIpc) is 2.67. The van der Waals surface area contributed by atoms with Crippen molar-refractivity contribution in [1.29, 1.82) is 0 Å². The van der Waals surface area contributed by atoms with E-state index < -0.39 is 5.66 Å². The van der Waals surface area contributed by atoms with Gasteiger partial charge < -0.3 is 16.6 Å². The van der Waals surface area contributed by atoms with Crippen LogP contribution in [0.25, 0.3) is 23.1 Å². The second-order valence-electron chi connectivity index (χ2n) is 7.46. The third-order valence-corrected chi connectivity index (χ3v) is 5.60. The van der Waals surface area contributed by atoms with Gasteiger partial charge in [-0.15, -0.1) is 0 Å². The van der Waals surface area contributed by atoms with Crippen LogP contribution in [0, 0.1) is 0 Å². The van der Waals surface area contributed by atoms with Crippen molar-refractivity contribution in [3.05, 3.63) is 64.6 Å². The Kier molecular flexibility index (Phi) is 5.06. The maximum atomic E-state index is 9.98. The molecule has 0 saturated heterocycles. The molecule has 0 spiro atoms. The fourth-order valence-corrected chi connectivity index (χ4v) is 3.98. The molecule has 3 aromatic rings. The minimum absolute atomic E-state index is 0.0868. The van der Waals surface area contributed by atoms with Gasteiger partial charge in [-0.05, 0) is 54.8 Å². The first-order chi connectivity index (χ1) is 13.4. The third-order valence-electron chi connectivity index (χ3n) is 5.35. The molecular formula is C22H23ClN4O. The number of benzene rings is 2. The fraction of sp³-hybridized carbons (Fsp3) is 0.273. The number of aromatic nitrogens is 2. The average molecular weight is 395 g/mol. The topological polar surface area (TPSA) is 98.1 Å². The summed E-state index contributed by atoms with van der Waals surface area (Å²) >= 11 is 5.95. The Hall–Kier alpha value is -2.47. The van der Waals surface area contributed by atoms with E-state index >= 15 is 0 Å². The largest absolute Gasteiger partial charge is 0.508 e. The maximum absolute atomic E-state index is 9.98. The lowest BCUT2D eigenvalue weighted by molar-refractivity contribution is 0.256. The van der Waals surface area contributed by atoms with Crippen molar-refractivity contribution < 1.29 is 5.11 Å². The van der Waals surface area contributed by atoms with Crippen LogP contribution >= 0.6 is 11.6 Å². The second-order valence-corrected chi connectivity index (χ2v) is 7.90. The van der Waals surface area contributed by atoms with Crippen LogP contribution in [-0.2, 0) is 0 Å². The van der Waals surface area contributed by atoms with Gasteiger partial charge in [-0.1, -0.05) is 42.7 Å². The smallest absolute Gasteiger partial charge is 0.152 e. The fourth-order valence-electron chi connectivity index (χ4n) is 3.86. The van der Waals surface area contributed by atoms with Gasteiger partial charge in [0.25, 0.3) is 0 Å². The van der Waals surface area contributed by atoms with Crippen LogP contribution in [0.3, 0.4) is 0 Å². The minimum Gasteiger partial charge on any atom is -0.508 e. The zero-order valence-corrected chi connectivity index (χ0v) is 16.2. The van der Waals surface area contributed by atoms with E-state index in [4.69, 9.17) is 28.1 Å². The molecule has 144 valence electrons. The molecule has 0 bridgehead atoms. The third kappa shape index (κ3) is 3.87. The summed E-state index contributed by atoms with van der Waals surface area (Å²) in [5.74, 6) is 0.679. The van der Waals surface area contributed by atoms with E-state index in [-0.39, 0.29) is 11.7 Å². The van der Waals surface area contributed by atoms with Crippen molar-refractivity contribution >= 4 is 34.7 Å². The Labute approximate surface area is 169 Å². The maximum Gasteiger partial charge on any atom is 0.152 e. The summed E-state index contributed by atoms with van der Waals surface area (Å²) in [6.07, 6.45) is 7.51. The van der Waals surface area contributed by atoms with Gasteiger partial charge in [0.15, 0.2) is 5.82 Å². The first kappa shape index (κ1) is 18.9. The number of hydrogen-bond acceptors (Lipinski definition) is 5. The molecule has 0 aliphatic heterocycles. The zero-order valence-electron chi connectivity index (χ0n) is 15.5. The number of fused-ring (bicyclic) bond motifs is 1. The molecule has 4 rings (SSSR count). The lowest BCUT2D eigenvalue weighted by Gasteiger charge is -2.38. The van der Waals surface area contributed by atoms with Gasteiger partial charge in [0, 0.05) is 16.3 Å². The number of nitrogens with two attached hydrogens (primary N) is 2. The molecule has 5 nitrogen and oxygen atoms in total. The minimum atomic E-state index is -0.817. The van der Waals surface area contributed by atoms with Crippen molar-refractivity contribution in [3.8, 4) is 5.75 Å². The number of aromatic hydroxyl groups is 1. The van der Waals surface area contributed by atoms with E-state index in [1.54, 1.807) is 18.2 Å². The number of rotatable bonds is 3. The highest BCUT2D eigenvalue weighted by molar-refractivity contribution is 6.30. The lowest BCUT2D eigenvalue weighted by Crippen LogP contribution is -2.56. The summed E-state index contributed by atoms with van der Waals surface area (Å²) in [7, 11) is 0. The zero-order chi connectivity index (χ0) is 19.7. The van der Waals surface area contributed by atoms with Gasteiger partial charge in [-0.3, -0.25) is 0 Å². The van der Waals surface area contributed by atoms with Gasteiger partial charge in [0.1, 0.15) is 5.75 Å². The number of hydrogen-bond donors (Lipinski definition) is 3. The molecule has 2 aromatic carbocycles. The molecular weight excluding hydrogens is 372 g/mol. The molecule has 5 N–H and O–H groups in total. The Morgan fingerprint density at radius 3 is 2.57 bits per heavy atom. The predicted octanol–water partition coefficient (Wildman–Crippen LogP) is 4.43. The first-order valence-electron chi connectivity index (χ1n) is 9.44. The van der Waals surface area contributed by atoms with Crippen molar-refractivity contribution in [1.82, 2.24) is 9.97 Å². The molecule has 1 aliphatic rings. The van der Waals surface area contributed by atoms with Crippen molar-refractivity contribution in [2.75, 3.05) is 0 Å². The van der Waals surface area contributed by atoms with Gasteiger partial charge >= 0.3 is 0 Å². The number of phenols is 1. The van der Waals surface area contributed by atoms with E-state index in [2.05, 4.69) is 4.98 Å². The molecule has 28 heavy (non-hydrogen) atoms. The predicted molar refractivity (Wildman–Crippen MR) is 114 cm³/mol. The highest BCUT2D eigenvalue weighted by Crippen LogP contribution is 2.39. The van der Waals surface area contributed by atoms with Gasteiger partial charge in [0.2, 0.25) is 0 Å². The Bertz CT molecular complexity index is 1030. The highest BCUT2D eigenvalue weighted by Gasteiger charge is 2.36. The highest BCUT2D eigenvalue weighted by atomic mass is 35.5. The molecule has 1 unspecified atom stereocenters. The summed E-state index contributed by atoms with van der Waals surface area (Å²) in [5.41, 5.74) is 14.6. The molecule has 1 aliphatic carbocycles. The quantitative estimate of drug-likeness (QED) is 0.571. The summed E-state index contributed by atoms with van der Waals surface area (Å²) < 4.78 is 0. The number of nitrogens with zero attached hydrogens (tertiary/aromatic N) is 2. The molecule has 0 radical (unpaired) electrons. The van der Waals surface area contributed by atoms with E-state index in [1.807, 2.05) is 36.4 Å². The normalized spacial score (nSPS) is 19.3. The van der Waals surface area contributed by atoms with Crippen LogP contribution in [0.1, 0.15) is 48.7 Å². The lowest BCUT2D eigenvalue weighted by atomic mass is 9.77. The molecule has 6 heteroatoms. The van der Waals surface area contributed by atoms with Crippen LogP contribution in [0.2, 0.25) is 5.02 Å². The van der Waals surface area contributed by atoms with Crippen LogP contribution in [-0.4, -0.2) is 20.7 Å². The van der Waals surface area contributed by atoms with Gasteiger partial charge in [-0.2, -0.15) is 0 Å². The summed E-state index contributed by atoms with van der Waals surface area (Å²) in [5, 5.41) is 11.5. The Morgan fingerprint density at radius 1 is 1.04 bits per heavy atom. The molecule has 1 fully saturated rings. The van der Waals surface area contributed by atoms with Gasteiger partial charge in [0.05, 0.1) is 16.9 Å². The van der Waals surface area contributed by atoms with Crippen molar-refractivity contribution in [2.45, 2.75) is 37.3 Å². The van der Waals surface area contributed by atoms with Crippen LogP contribution in [0.5, 0.6) is 5.75 Å². The molecule has 1 heterocycles. The van der Waals surface area contributed by atoms with Crippen LogP contribution in [0.4, 0.5) is 0 Å². The number of halogens is 1. The standard InChI is InChI=1S/C22H23ClN4O/c23-15-7-4-14(5-8-15)6-11-20-26-19-10-9-16(28)13-17(19)21(27-20)18-3-1-2-12-22(18,24)25/h4-11,13,18,28H,1-3,12,24-25H2. The van der Waals surface area contributed by atoms with Crippen LogP contribution in [0.15, 0.2) is 42.5 Å². The van der Waals surface area contributed by atoms with E-state index in [0.29, 0.717) is 10.8 Å². The molecule has 0 amide bonds. The van der Waals surface area contributed by atoms with E-state index in [0.717, 1.165) is 47.8 Å².